The molecule has 0 saturated carbocycles. The molecule has 6 nitrogen and oxygen atoms in total. The van der Waals surface area contributed by atoms with Crippen molar-refractivity contribution in [1.29, 1.82) is 0 Å². The fourth-order valence-electron chi connectivity index (χ4n) is 4.38. The molecule has 3 atom stereocenters. The van der Waals surface area contributed by atoms with Crippen LogP contribution in [-0.4, -0.2) is 44.1 Å². The molecule has 0 radical (unpaired) electrons. The second-order valence-electron chi connectivity index (χ2n) is 7.58. The van der Waals surface area contributed by atoms with E-state index in [9.17, 15) is 4.79 Å². The van der Waals surface area contributed by atoms with Crippen molar-refractivity contribution in [1.82, 2.24) is 0 Å². The molecule has 0 aromatic heterocycles. The van der Waals surface area contributed by atoms with Crippen molar-refractivity contribution in [3.8, 4) is 28.7 Å². The number of Topliss-reactive ketones (excluding diaryl/α,β-unsaturated/α-hetero) is 1. The van der Waals surface area contributed by atoms with Gasteiger partial charge in [0.25, 0.3) is 0 Å². The van der Waals surface area contributed by atoms with Gasteiger partial charge in [-0.25, -0.2) is 0 Å². The zero-order valence-corrected chi connectivity index (χ0v) is 18.3. The third kappa shape index (κ3) is 2.79. The number of benzene rings is 2. The molecule has 0 amide bonds. The first-order valence-electron chi connectivity index (χ1n) is 9.71. The third-order valence-electron chi connectivity index (χ3n) is 5.95. The van der Waals surface area contributed by atoms with Gasteiger partial charge in [0.1, 0.15) is 36.1 Å². The lowest BCUT2D eigenvalue weighted by atomic mass is 9.81. The minimum Gasteiger partial charge on any atom is -0.493 e. The maximum absolute atomic E-state index is 13.6. The molecule has 3 heterocycles. The Balaban J connectivity index is 1.56. The zero-order chi connectivity index (χ0) is 21.0. The van der Waals surface area contributed by atoms with Crippen LogP contribution in [0.3, 0.4) is 0 Å². The van der Waals surface area contributed by atoms with E-state index in [0.717, 1.165) is 22.4 Å². The molecule has 0 saturated heterocycles. The van der Waals surface area contributed by atoms with Gasteiger partial charge >= 0.3 is 0 Å². The van der Waals surface area contributed by atoms with E-state index >= 15 is 0 Å². The summed E-state index contributed by atoms with van der Waals surface area (Å²) in [4.78, 5) is 13.6. The average Bonchev–Trinajstić information content (AvgIpc) is 3.22. The molecule has 0 aliphatic carbocycles. The van der Waals surface area contributed by atoms with Crippen LogP contribution in [-0.2, 0) is 6.42 Å². The molecule has 5 rings (SSSR count). The summed E-state index contributed by atoms with van der Waals surface area (Å²) in [5.74, 6) is 2.64. The van der Waals surface area contributed by atoms with E-state index in [1.54, 1.807) is 26.4 Å². The third-order valence-corrected chi connectivity index (χ3v) is 6.67. The van der Waals surface area contributed by atoms with Crippen molar-refractivity contribution in [2.45, 2.75) is 24.5 Å². The predicted molar refractivity (Wildman–Crippen MR) is 114 cm³/mol. The standard InChI is InChI=1S/C23H21BrO6/c1-11(9-24)16-7-14-15(29-16)5-4-12-22(25)21-13-6-18(26-2)19(27-3)8-17(13)28-10-20(21)30-23(12)14/h4-6,8,16,20-21H,1,7,9-10H2,2-3H3/t16-,20-,21+/m1/s1. The van der Waals surface area contributed by atoms with Crippen molar-refractivity contribution < 1.29 is 28.5 Å². The minimum atomic E-state index is -0.463. The molecule has 3 aliphatic heterocycles. The van der Waals surface area contributed by atoms with Gasteiger partial charge in [0.15, 0.2) is 17.3 Å². The monoisotopic (exact) mass is 472 g/mol. The van der Waals surface area contributed by atoms with E-state index in [1.807, 2.05) is 12.1 Å². The fraction of sp³-hybridized carbons (Fsp3) is 0.348. The largest absolute Gasteiger partial charge is 0.493 e. The van der Waals surface area contributed by atoms with Crippen molar-refractivity contribution in [3.63, 3.8) is 0 Å². The number of ketones is 1. The Bertz CT molecular complexity index is 1060. The molecule has 0 bridgehead atoms. The fourth-order valence-corrected chi connectivity index (χ4v) is 4.74. The molecule has 2 aromatic carbocycles. The molecule has 0 spiro atoms. The Labute approximate surface area is 182 Å². The van der Waals surface area contributed by atoms with Gasteiger partial charge < -0.3 is 23.7 Å². The Hall–Kier alpha value is -2.67. The van der Waals surface area contributed by atoms with Gasteiger partial charge in [-0.15, -0.1) is 0 Å². The molecule has 0 N–H and O–H groups in total. The summed E-state index contributed by atoms with van der Waals surface area (Å²) in [5.41, 5.74) is 3.20. The molecule has 7 heteroatoms. The summed E-state index contributed by atoms with van der Waals surface area (Å²) < 4.78 is 29.1. The second-order valence-corrected chi connectivity index (χ2v) is 8.14. The number of carbonyl (C=O) groups excluding carboxylic acids is 1. The lowest BCUT2D eigenvalue weighted by Crippen LogP contribution is -2.43. The molecule has 156 valence electrons. The Morgan fingerprint density at radius 3 is 2.67 bits per heavy atom. The highest BCUT2D eigenvalue weighted by Crippen LogP contribution is 2.49. The number of hydrogen-bond acceptors (Lipinski definition) is 6. The quantitative estimate of drug-likeness (QED) is 0.493. The van der Waals surface area contributed by atoms with Gasteiger partial charge in [-0.3, -0.25) is 4.79 Å². The first-order valence-corrected chi connectivity index (χ1v) is 10.8. The van der Waals surface area contributed by atoms with E-state index in [-0.39, 0.29) is 18.5 Å². The lowest BCUT2D eigenvalue weighted by Gasteiger charge is -2.37. The van der Waals surface area contributed by atoms with Crippen LogP contribution in [0.2, 0.25) is 0 Å². The van der Waals surface area contributed by atoms with E-state index in [1.165, 1.54) is 0 Å². The number of alkyl halides is 1. The molecular weight excluding hydrogens is 452 g/mol. The normalized spacial score (nSPS) is 23.0. The van der Waals surface area contributed by atoms with Crippen LogP contribution in [0.5, 0.6) is 28.7 Å². The van der Waals surface area contributed by atoms with E-state index in [0.29, 0.717) is 40.3 Å². The summed E-state index contributed by atoms with van der Waals surface area (Å²) >= 11 is 3.44. The minimum absolute atomic E-state index is 0.0172. The van der Waals surface area contributed by atoms with Crippen molar-refractivity contribution in [3.05, 3.63) is 53.1 Å². The average molecular weight is 473 g/mol. The molecule has 3 aliphatic rings. The van der Waals surface area contributed by atoms with Crippen molar-refractivity contribution in [2.75, 3.05) is 26.2 Å². The second kappa shape index (κ2) is 7.23. The maximum atomic E-state index is 13.6. The van der Waals surface area contributed by atoms with Crippen molar-refractivity contribution in [2.24, 2.45) is 0 Å². The van der Waals surface area contributed by atoms with Gasteiger partial charge in [0, 0.05) is 28.9 Å². The zero-order valence-electron chi connectivity index (χ0n) is 16.7. The maximum Gasteiger partial charge on any atom is 0.178 e. The van der Waals surface area contributed by atoms with Gasteiger partial charge in [0.05, 0.1) is 25.7 Å². The number of hydrogen-bond donors (Lipinski definition) is 0. The number of carbonyl (C=O) groups is 1. The summed E-state index contributed by atoms with van der Waals surface area (Å²) in [5, 5.41) is 0.661. The first-order chi connectivity index (χ1) is 14.5. The van der Waals surface area contributed by atoms with Gasteiger partial charge in [0.2, 0.25) is 0 Å². The SMILES string of the molecule is C=C(CBr)[C@H]1Cc2c(ccc3c2O[C@@H]2COc4cc(OC)c(OC)cc4[C@@H]2C3=O)O1. The number of methoxy groups -OCH3 is 2. The van der Waals surface area contributed by atoms with Gasteiger partial charge in [-0.1, -0.05) is 22.5 Å². The van der Waals surface area contributed by atoms with Crippen LogP contribution in [0.1, 0.15) is 27.4 Å². The van der Waals surface area contributed by atoms with E-state index in [4.69, 9.17) is 23.7 Å². The molecule has 30 heavy (non-hydrogen) atoms. The Morgan fingerprint density at radius 2 is 1.93 bits per heavy atom. The highest BCUT2D eigenvalue weighted by molar-refractivity contribution is 9.09. The molecule has 0 unspecified atom stereocenters. The summed E-state index contributed by atoms with van der Waals surface area (Å²) in [7, 11) is 3.14. The number of halogens is 1. The van der Waals surface area contributed by atoms with Crippen LogP contribution in [0, 0.1) is 0 Å². The Morgan fingerprint density at radius 1 is 1.17 bits per heavy atom. The number of rotatable bonds is 4. The molecular formula is C23H21BrO6. The predicted octanol–water partition coefficient (Wildman–Crippen LogP) is 4.08. The van der Waals surface area contributed by atoms with Crippen molar-refractivity contribution >= 4 is 21.7 Å². The summed E-state index contributed by atoms with van der Waals surface area (Å²) in [6.07, 6.45) is 0.0960. The lowest BCUT2D eigenvalue weighted by molar-refractivity contribution is 0.0554. The van der Waals surface area contributed by atoms with Crippen LogP contribution < -0.4 is 23.7 Å². The van der Waals surface area contributed by atoms with E-state index in [2.05, 4.69) is 22.5 Å². The Kier molecular flexibility index (Phi) is 4.65. The first kappa shape index (κ1) is 19.3. The summed E-state index contributed by atoms with van der Waals surface area (Å²) in [6.45, 7) is 4.34. The topological polar surface area (TPSA) is 63.2 Å². The van der Waals surface area contributed by atoms with Gasteiger partial charge in [-0.05, 0) is 23.8 Å². The van der Waals surface area contributed by atoms with Crippen LogP contribution in [0.15, 0.2) is 36.4 Å². The van der Waals surface area contributed by atoms with E-state index < -0.39 is 12.0 Å². The highest BCUT2D eigenvalue weighted by atomic mass is 79.9. The highest BCUT2D eigenvalue weighted by Gasteiger charge is 2.45. The molecule has 0 fully saturated rings. The van der Waals surface area contributed by atoms with Gasteiger partial charge in [-0.2, -0.15) is 0 Å². The van der Waals surface area contributed by atoms with Crippen LogP contribution >= 0.6 is 15.9 Å². The smallest absolute Gasteiger partial charge is 0.178 e. The van der Waals surface area contributed by atoms with Crippen LogP contribution in [0.4, 0.5) is 0 Å². The van der Waals surface area contributed by atoms with Crippen LogP contribution in [0.25, 0.3) is 0 Å². The molecule has 2 aromatic rings. The number of fused-ring (bicyclic) bond motifs is 6. The number of ether oxygens (including phenoxy) is 5. The summed E-state index contributed by atoms with van der Waals surface area (Å²) in [6, 6.07) is 7.22.